The van der Waals surface area contributed by atoms with Crippen LogP contribution in [0.25, 0.3) is 22.4 Å². The molecule has 0 spiro atoms. The average molecular weight is 511 g/mol. The number of imidazole rings is 1. The second kappa shape index (κ2) is 9.84. The summed E-state index contributed by atoms with van der Waals surface area (Å²) in [6.45, 7) is 2.96. The molecule has 2 aromatic carbocycles. The highest BCUT2D eigenvalue weighted by atomic mass is 32.2. The SMILES string of the molecule is Cc1nc(-c2cccc(S(=O)(=O)N3CCC(C(=O)NCCc4nc5ccccc5[nH]4)CC3)c2)ns1. The van der Waals surface area contributed by atoms with Crippen molar-refractivity contribution in [1.82, 2.24) is 28.9 Å². The van der Waals surface area contributed by atoms with E-state index in [4.69, 9.17) is 0 Å². The summed E-state index contributed by atoms with van der Waals surface area (Å²) in [5.41, 5.74) is 2.56. The molecule has 4 aromatic rings. The topological polar surface area (TPSA) is 121 Å². The molecule has 9 nitrogen and oxygen atoms in total. The Hall–Kier alpha value is -3.15. The van der Waals surface area contributed by atoms with Crippen LogP contribution in [0.4, 0.5) is 0 Å². The fourth-order valence-corrected chi connectivity index (χ4v) is 6.30. The van der Waals surface area contributed by atoms with E-state index in [1.54, 1.807) is 18.2 Å². The van der Waals surface area contributed by atoms with E-state index in [1.807, 2.05) is 37.3 Å². The van der Waals surface area contributed by atoms with E-state index in [0.29, 0.717) is 50.3 Å². The van der Waals surface area contributed by atoms with Crippen LogP contribution < -0.4 is 5.32 Å². The first-order valence-corrected chi connectivity index (χ1v) is 13.7. The Morgan fingerprint density at radius 2 is 1.94 bits per heavy atom. The third-order valence-corrected chi connectivity index (χ3v) is 8.70. The molecule has 0 bridgehead atoms. The van der Waals surface area contributed by atoms with Gasteiger partial charge in [-0.05, 0) is 55.6 Å². The number of rotatable bonds is 7. The lowest BCUT2D eigenvalue weighted by Crippen LogP contribution is -2.43. The van der Waals surface area contributed by atoms with Gasteiger partial charge in [-0.15, -0.1) is 0 Å². The quantitative estimate of drug-likeness (QED) is 0.394. The van der Waals surface area contributed by atoms with Crippen LogP contribution in [0.15, 0.2) is 53.4 Å². The van der Waals surface area contributed by atoms with E-state index in [-0.39, 0.29) is 16.7 Å². The number of aryl methyl sites for hydroxylation is 1. The van der Waals surface area contributed by atoms with Crippen molar-refractivity contribution >= 4 is 38.5 Å². The molecule has 1 saturated heterocycles. The van der Waals surface area contributed by atoms with Gasteiger partial charge < -0.3 is 10.3 Å². The van der Waals surface area contributed by atoms with Gasteiger partial charge in [-0.3, -0.25) is 4.79 Å². The van der Waals surface area contributed by atoms with Gasteiger partial charge in [0.1, 0.15) is 10.8 Å². The summed E-state index contributed by atoms with van der Waals surface area (Å²) in [4.78, 5) is 25.0. The summed E-state index contributed by atoms with van der Waals surface area (Å²) in [6.07, 6.45) is 1.59. The third-order valence-electron chi connectivity index (χ3n) is 6.18. The Balaban J connectivity index is 1.15. The first-order valence-electron chi connectivity index (χ1n) is 11.5. The number of para-hydroxylation sites is 2. The second-order valence-electron chi connectivity index (χ2n) is 8.58. The molecule has 182 valence electrons. The van der Waals surface area contributed by atoms with Gasteiger partial charge >= 0.3 is 0 Å². The molecule has 0 aliphatic carbocycles. The van der Waals surface area contributed by atoms with Crippen LogP contribution in [0.1, 0.15) is 23.7 Å². The molecular weight excluding hydrogens is 484 g/mol. The molecular formula is C24H26N6O3S2. The van der Waals surface area contributed by atoms with Crippen molar-refractivity contribution in [3.05, 3.63) is 59.4 Å². The number of H-pyrrole nitrogens is 1. The maximum absolute atomic E-state index is 13.2. The van der Waals surface area contributed by atoms with Crippen LogP contribution in [-0.2, 0) is 21.2 Å². The number of benzene rings is 2. The average Bonchev–Trinajstić information content (AvgIpc) is 3.50. The van der Waals surface area contributed by atoms with Gasteiger partial charge in [-0.25, -0.2) is 18.4 Å². The van der Waals surface area contributed by atoms with Crippen molar-refractivity contribution in [3.8, 4) is 11.4 Å². The Bertz CT molecular complexity index is 1420. The fourth-order valence-electron chi connectivity index (χ4n) is 4.29. The molecule has 2 aromatic heterocycles. The third kappa shape index (κ3) is 5.12. The number of nitrogens with zero attached hydrogens (tertiary/aromatic N) is 4. The van der Waals surface area contributed by atoms with Crippen LogP contribution in [0.2, 0.25) is 0 Å². The lowest BCUT2D eigenvalue weighted by molar-refractivity contribution is -0.126. The molecule has 1 amide bonds. The van der Waals surface area contributed by atoms with Gasteiger partial charge in [0.05, 0.1) is 15.9 Å². The van der Waals surface area contributed by atoms with Crippen molar-refractivity contribution in [3.63, 3.8) is 0 Å². The normalized spacial score (nSPS) is 15.5. The standard InChI is InChI=1S/C24H26N6O3S2/c1-16-26-23(29-34-16)18-5-4-6-19(15-18)35(32,33)30-13-10-17(11-14-30)24(31)25-12-9-22-27-20-7-2-3-8-21(20)28-22/h2-8,15,17H,9-14H2,1H3,(H,25,31)(H,27,28). The molecule has 0 radical (unpaired) electrons. The number of carbonyl (C=O) groups excluding carboxylic acids is 1. The largest absolute Gasteiger partial charge is 0.355 e. The van der Waals surface area contributed by atoms with Crippen LogP contribution in [0.5, 0.6) is 0 Å². The highest BCUT2D eigenvalue weighted by Crippen LogP contribution is 2.27. The molecule has 1 fully saturated rings. The molecule has 3 heterocycles. The summed E-state index contributed by atoms with van der Waals surface area (Å²) in [5, 5.41) is 3.80. The van der Waals surface area contributed by atoms with Crippen molar-refractivity contribution in [2.45, 2.75) is 31.1 Å². The molecule has 1 aliphatic heterocycles. The summed E-state index contributed by atoms with van der Waals surface area (Å²) < 4.78 is 32.2. The monoisotopic (exact) mass is 510 g/mol. The van der Waals surface area contributed by atoms with Gasteiger partial charge in [-0.2, -0.15) is 8.68 Å². The van der Waals surface area contributed by atoms with E-state index < -0.39 is 10.0 Å². The number of piperidine rings is 1. The zero-order valence-corrected chi connectivity index (χ0v) is 20.9. The van der Waals surface area contributed by atoms with Crippen molar-refractivity contribution in [2.75, 3.05) is 19.6 Å². The minimum atomic E-state index is -3.66. The minimum Gasteiger partial charge on any atom is -0.355 e. The van der Waals surface area contributed by atoms with E-state index in [1.165, 1.54) is 15.8 Å². The maximum Gasteiger partial charge on any atom is 0.243 e. The summed E-state index contributed by atoms with van der Waals surface area (Å²) in [5.74, 6) is 1.12. The number of aromatic nitrogens is 4. The molecule has 0 atom stereocenters. The Morgan fingerprint density at radius 3 is 2.69 bits per heavy atom. The lowest BCUT2D eigenvalue weighted by Gasteiger charge is -2.30. The second-order valence-corrected chi connectivity index (χ2v) is 11.5. The van der Waals surface area contributed by atoms with Crippen molar-refractivity contribution in [2.24, 2.45) is 5.92 Å². The maximum atomic E-state index is 13.2. The number of hydrogen-bond acceptors (Lipinski definition) is 7. The lowest BCUT2D eigenvalue weighted by atomic mass is 9.97. The predicted octanol–water partition coefficient (Wildman–Crippen LogP) is 3.15. The van der Waals surface area contributed by atoms with Gasteiger partial charge in [0.25, 0.3) is 0 Å². The number of amides is 1. The smallest absolute Gasteiger partial charge is 0.243 e. The summed E-state index contributed by atoms with van der Waals surface area (Å²) in [7, 11) is -3.66. The Morgan fingerprint density at radius 1 is 1.14 bits per heavy atom. The number of fused-ring (bicyclic) bond motifs is 1. The molecule has 5 rings (SSSR count). The molecule has 1 aliphatic rings. The van der Waals surface area contributed by atoms with Crippen LogP contribution in [0.3, 0.4) is 0 Å². The molecule has 0 saturated carbocycles. The molecule has 0 unspecified atom stereocenters. The first-order chi connectivity index (χ1) is 16.9. The molecule has 2 N–H and O–H groups in total. The van der Waals surface area contributed by atoms with Gasteiger partial charge in [0, 0.05) is 37.5 Å². The Labute approximate surface area is 207 Å². The fraction of sp³-hybridized carbons (Fsp3) is 0.333. The first kappa shape index (κ1) is 23.6. The summed E-state index contributed by atoms with van der Waals surface area (Å²) in [6, 6.07) is 14.5. The predicted molar refractivity (Wildman–Crippen MR) is 134 cm³/mol. The van der Waals surface area contributed by atoms with Gasteiger partial charge in [-0.1, -0.05) is 24.3 Å². The Kier molecular flexibility index (Phi) is 6.63. The van der Waals surface area contributed by atoms with E-state index >= 15 is 0 Å². The highest BCUT2D eigenvalue weighted by molar-refractivity contribution is 7.89. The zero-order chi connectivity index (χ0) is 24.4. The highest BCUT2D eigenvalue weighted by Gasteiger charge is 2.32. The number of sulfonamides is 1. The summed E-state index contributed by atoms with van der Waals surface area (Å²) >= 11 is 1.28. The number of nitrogens with one attached hydrogen (secondary N) is 2. The van der Waals surface area contributed by atoms with Gasteiger partial charge in [0.15, 0.2) is 5.82 Å². The van der Waals surface area contributed by atoms with E-state index in [9.17, 15) is 13.2 Å². The number of hydrogen-bond donors (Lipinski definition) is 2. The number of carbonyl (C=O) groups is 1. The van der Waals surface area contributed by atoms with Crippen molar-refractivity contribution < 1.29 is 13.2 Å². The zero-order valence-electron chi connectivity index (χ0n) is 19.3. The van der Waals surface area contributed by atoms with Crippen LogP contribution >= 0.6 is 11.5 Å². The number of aromatic amines is 1. The van der Waals surface area contributed by atoms with Crippen LogP contribution in [0, 0.1) is 12.8 Å². The van der Waals surface area contributed by atoms with E-state index in [0.717, 1.165) is 21.9 Å². The molecule has 11 heteroatoms. The molecule has 35 heavy (non-hydrogen) atoms. The minimum absolute atomic E-state index is 0.0369. The van der Waals surface area contributed by atoms with Crippen LogP contribution in [-0.4, -0.2) is 57.6 Å². The van der Waals surface area contributed by atoms with Crippen molar-refractivity contribution in [1.29, 1.82) is 0 Å². The van der Waals surface area contributed by atoms with Gasteiger partial charge in [0.2, 0.25) is 15.9 Å². The van der Waals surface area contributed by atoms with E-state index in [2.05, 4.69) is 24.6 Å².